The summed E-state index contributed by atoms with van der Waals surface area (Å²) in [6.07, 6.45) is -3.35. The van der Waals surface area contributed by atoms with Crippen LogP contribution in [-0.4, -0.2) is 35.8 Å². The van der Waals surface area contributed by atoms with Crippen LogP contribution < -0.4 is 10.6 Å². The summed E-state index contributed by atoms with van der Waals surface area (Å²) in [6, 6.07) is 14.0. The van der Waals surface area contributed by atoms with E-state index in [0.717, 1.165) is 11.6 Å². The topological polar surface area (TPSA) is 61.4 Å². The molecule has 2 aromatic carbocycles. The Balaban J connectivity index is 1.50. The van der Waals surface area contributed by atoms with Crippen LogP contribution in [0.3, 0.4) is 0 Å². The lowest BCUT2D eigenvalue weighted by Gasteiger charge is -2.34. The van der Waals surface area contributed by atoms with Crippen LogP contribution in [0.2, 0.25) is 0 Å². The average Bonchev–Trinajstić information content (AvgIpc) is 2.77. The maximum Gasteiger partial charge on any atom is 0.418 e. The first-order valence-corrected chi connectivity index (χ1v) is 10.3. The van der Waals surface area contributed by atoms with E-state index in [1.165, 1.54) is 18.2 Å². The molecule has 166 valence electrons. The second-order valence-corrected chi connectivity index (χ2v) is 7.72. The van der Waals surface area contributed by atoms with Gasteiger partial charge in [0, 0.05) is 12.5 Å². The lowest BCUT2D eigenvalue weighted by atomic mass is 9.94. The molecule has 1 aliphatic heterocycles. The highest BCUT2D eigenvalue weighted by atomic mass is 19.4. The summed E-state index contributed by atoms with van der Waals surface area (Å²) in [4.78, 5) is 26.9. The number of alkyl halides is 3. The van der Waals surface area contributed by atoms with Crippen molar-refractivity contribution < 1.29 is 22.8 Å². The van der Waals surface area contributed by atoms with E-state index in [0.29, 0.717) is 32.5 Å². The number of hydrogen-bond acceptors (Lipinski definition) is 3. The van der Waals surface area contributed by atoms with Gasteiger partial charge in [-0.05, 0) is 50.6 Å². The molecule has 31 heavy (non-hydrogen) atoms. The van der Waals surface area contributed by atoms with Gasteiger partial charge in [0.25, 0.3) is 0 Å². The summed E-state index contributed by atoms with van der Waals surface area (Å²) in [5.74, 6) is -0.649. The molecule has 1 fully saturated rings. The number of halogens is 3. The number of rotatable bonds is 6. The zero-order valence-electron chi connectivity index (χ0n) is 17.3. The molecule has 3 rings (SSSR count). The molecule has 1 atom stereocenters. The molecule has 0 bridgehead atoms. The van der Waals surface area contributed by atoms with E-state index >= 15 is 0 Å². The molecular formula is C23H26F3N3O2. The lowest BCUT2D eigenvalue weighted by Crippen LogP contribution is -2.48. The third kappa shape index (κ3) is 6.07. The molecule has 1 heterocycles. The molecule has 1 aliphatic rings. The quantitative estimate of drug-likeness (QED) is 0.722. The molecule has 0 unspecified atom stereocenters. The lowest BCUT2D eigenvalue weighted by molar-refractivity contribution is -0.137. The van der Waals surface area contributed by atoms with Gasteiger partial charge in [-0.2, -0.15) is 13.2 Å². The number of hydrogen-bond donors (Lipinski definition) is 2. The van der Waals surface area contributed by atoms with Crippen LogP contribution in [0.25, 0.3) is 0 Å². The summed E-state index contributed by atoms with van der Waals surface area (Å²) in [5, 5.41) is 5.35. The molecule has 0 spiro atoms. The van der Waals surface area contributed by atoms with Crippen molar-refractivity contribution in [3.8, 4) is 0 Å². The zero-order chi connectivity index (χ0) is 22.4. The van der Waals surface area contributed by atoms with Gasteiger partial charge < -0.3 is 10.6 Å². The normalized spacial score (nSPS) is 16.5. The van der Waals surface area contributed by atoms with Crippen LogP contribution in [0.15, 0.2) is 54.6 Å². The summed E-state index contributed by atoms with van der Waals surface area (Å²) >= 11 is 0. The Hall–Kier alpha value is -2.87. The SMILES string of the molecule is C[C@@H](C(=O)Nc1ccccc1C(F)(F)F)N1CCC(C(=O)NCc2ccccc2)CC1. The predicted octanol–water partition coefficient (Wildman–Crippen LogP) is 4.06. The van der Waals surface area contributed by atoms with Crippen molar-refractivity contribution in [1.82, 2.24) is 10.2 Å². The molecule has 2 amide bonds. The van der Waals surface area contributed by atoms with Gasteiger partial charge in [-0.15, -0.1) is 0 Å². The van der Waals surface area contributed by atoms with Crippen LogP contribution in [0.1, 0.15) is 30.9 Å². The van der Waals surface area contributed by atoms with Gasteiger partial charge in [0.05, 0.1) is 17.3 Å². The fourth-order valence-corrected chi connectivity index (χ4v) is 3.72. The number of nitrogens with one attached hydrogen (secondary N) is 2. The van der Waals surface area contributed by atoms with Gasteiger partial charge in [-0.25, -0.2) is 0 Å². The molecule has 2 aromatic rings. The first-order valence-electron chi connectivity index (χ1n) is 10.3. The Kier molecular flexibility index (Phi) is 7.33. The van der Waals surface area contributed by atoms with Crippen molar-refractivity contribution in [2.24, 2.45) is 5.92 Å². The van der Waals surface area contributed by atoms with E-state index in [1.807, 2.05) is 35.2 Å². The molecule has 0 aromatic heterocycles. The zero-order valence-corrected chi connectivity index (χ0v) is 17.3. The predicted molar refractivity (Wildman–Crippen MR) is 112 cm³/mol. The monoisotopic (exact) mass is 433 g/mol. The average molecular weight is 433 g/mol. The van der Waals surface area contributed by atoms with Gasteiger partial charge in [0.2, 0.25) is 11.8 Å². The standard InChI is InChI=1S/C23H26F3N3O2/c1-16(21(30)28-20-10-6-5-9-19(20)23(24,25)26)29-13-11-18(12-14-29)22(31)27-15-17-7-3-2-4-8-17/h2-10,16,18H,11-15H2,1H3,(H,27,31)(H,28,30)/t16-/m0/s1. The Morgan fingerprint density at radius 2 is 1.65 bits per heavy atom. The summed E-state index contributed by atoms with van der Waals surface area (Å²) in [5.41, 5.74) is -0.0934. The van der Waals surface area contributed by atoms with E-state index in [2.05, 4.69) is 10.6 Å². The first-order chi connectivity index (χ1) is 14.8. The third-order valence-corrected chi connectivity index (χ3v) is 5.63. The number of benzene rings is 2. The minimum absolute atomic E-state index is 0.0142. The van der Waals surface area contributed by atoms with Gasteiger partial charge >= 0.3 is 6.18 Å². The number of anilines is 1. The van der Waals surface area contributed by atoms with Crippen molar-refractivity contribution in [3.05, 3.63) is 65.7 Å². The highest BCUT2D eigenvalue weighted by Gasteiger charge is 2.35. The Bertz CT molecular complexity index is 894. The Morgan fingerprint density at radius 3 is 2.29 bits per heavy atom. The summed E-state index contributed by atoms with van der Waals surface area (Å²) in [6.45, 7) is 3.19. The molecule has 0 radical (unpaired) electrons. The number of amides is 2. The van der Waals surface area contributed by atoms with Crippen LogP contribution in [-0.2, 0) is 22.3 Å². The van der Waals surface area contributed by atoms with Gasteiger partial charge in [0.15, 0.2) is 0 Å². The van der Waals surface area contributed by atoms with Crippen molar-refractivity contribution >= 4 is 17.5 Å². The fraction of sp³-hybridized carbons (Fsp3) is 0.391. The number of nitrogens with zero attached hydrogens (tertiary/aromatic N) is 1. The molecule has 5 nitrogen and oxygen atoms in total. The summed E-state index contributed by atoms with van der Waals surface area (Å²) < 4.78 is 39.4. The van der Waals surface area contributed by atoms with Crippen LogP contribution in [0.4, 0.5) is 18.9 Å². The van der Waals surface area contributed by atoms with E-state index in [-0.39, 0.29) is 17.5 Å². The highest BCUT2D eigenvalue weighted by molar-refractivity contribution is 5.95. The van der Waals surface area contributed by atoms with Gasteiger partial charge in [-0.3, -0.25) is 14.5 Å². The largest absolute Gasteiger partial charge is 0.418 e. The molecule has 2 N–H and O–H groups in total. The minimum Gasteiger partial charge on any atom is -0.352 e. The minimum atomic E-state index is -4.54. The number of para-hydroxylation sites is 1. The van der Waals surface area contributed by atoms with Crippen LogP contribution in [0.5, 0.6) is 0 Å². The maximum atomic E-state index is 13.1. The maximum absolute atomic E-state index is 13.1. The summed E-state index contributed by atoms with van der Waals surface area (Å²) in [7, 11) is 0. The van der Waals surface area contributed by atoms with Crippen molar-refractivity contribution in [1.29, 1.82) is 0 Å². The molecular weight excluding hydrogens is 407 g/mol. The smallest absolute Gasteiger partial charge is 0.352 e. The van der Waals surface area contributed by atoms with Gasteiger partial charge in [-0.1, -0.05) is 42.5 Å². The molecule has 0 saturated carbocycles. The Morgan fingerprint density at radius 1 is 1.03 bits per heavy atom. The van der Waals surface area contributed by atoms with E-state index < -0.39 is 23.7 Å². The molecule has 8 heteroatoms. The van der Waals surface area contributed by atoms with E-state index in [1.54, 1.807) is 6.92 Å². The molecule has 0 aliphatic carbocycles. The van der Waals surface area contributed by atoms with Crippen LogP contribution in [0, 0.1) is 5.92 Å². The molecule has 1 saturated heterocycles. The second kappa shape index (κ2) is 9.96. The van der Waals surface area contributed by atoms with Crippen molar-refractivity contribution in [2.75, 3.05) is 18.4 Å². The van der Waals surface area contributed by atoms with E-state index in [4.69, 9.17) is 0 Å². The Labute approximate surface area is 179 Å². The van der Waals surface area contributed by atoms with Crippen molar-refractivity contribution in [2.45, 2.75) is 38.5 Å². The third-order valence-electron chi connectivity index (χ3n) is 5.63. The fourth-order valence-electron chi connectivity index (χ4n) is 3.72. The highest BCUT2D eigenvalue weighted by Crippen LogP contribution is 2.34. The first kappa shape index (κ1) is 22.8. The number of piperidine rings is 1. The number of carbonyl (C=O) groups is 2. The number of carbonyl (C=O) groups excluding carboxylic acids is 2. The second-order valence-electron chi connectivity index (χ2n) is 7.72. The van der Waals surface area contributed by atoms with Gasteiger partial charge in [0.1, 0.15) is 0 Å². The van der Waals surface area contributed by atoms with Crippen LogP contribution >= 0.6 is 0 Å². The van der Waals surface area contributed by atoms with E-state index in [9.17, 15) is 22.8 Å². The number of likely N-dealkylation sites (tertiary alicyclic amines) is 1. The van der Waals surface area contributed by atoms with Crippen molar-refractivity contribution in [3.63, 3.8) is 0 Å².